The summed E-state index contributed by atoms with van der Waals surface area (Å²) in [6.45, 7) is 7.42. The van der Waals surface area contributed by atoms with Crippen molar-refractivity contribution in [3.8, 4) is 0 Å². The van der Waals surface area contributed by atoms with Crippen molar-refractivity contribution >= 4 is 6.09 Å². The van der Waals surface area contributed by atoms with Crippen molar-refractivity contribution in [2.75, 3.05) is 13.2 Å². The number of carbonyl (C=O) groups excluding carboxylic acids is 1. The fraction of sp³-hybridized carbons (Fsp3) is 0.650. The molecule has 1 aliphatic rings. The molecule has 25 heavy (non-hydrogen) atoms. The third kappa shape index (κ3) is 6.67. The van der Waals surface area contributed by atoms with E-state index in [1.807, 2.05) is 51.1 Å². The Kier molecular flexibility index (Phi) is 7.26. The van der Waals surface area contributed by atoms with Gasteiger partial charge >= 0.3 is 6.09 Å². The fourth-order valence-electron chi connectivity index (χ4n) is 3.09. The summed E-state index contributed by atoms with van der Waals surface area (Å²) in [5.41, 5.74) is 0.635. The van der Waals surface area contributed by atoms with Gasteiger partial charge < -0.3 is 19.5 Å². The predicted molar refractivity (Wildman–Crippen MR) is 97.3 cm³/mol. The second-order valence-corrected chi connectivity index (χ2v) is 7.63. The van der Waals surface area contributed by atoms with E-state index < -0.39 is 11.7 Å². The average Bonchev–Trinajstić information content (AvgIpc) is 3.03. The van der Waals surface area contributed by atoms with E-state index in [9.17, 15) is 9.90 Å². The topological polar surface area (TPSA) is 59.0 Å². The Morgan fingerprint density at radius 2 is 2.04 bits per heavy atom. The molecule has 1 aliphatic heterocycles. The minimum absolute atomic E-state index is 0.149. The van der Waals surface area contributed by atoms with Crippen LogP contribution in [0.25, 0.3) is 0 Å². The minimum Gasteiger partial charge on any atom is -0.444 e. The Labute approximate surface area is 150 Å². The van der Waals surface area contributed by atoms with Gasteiger partial charge in [0.15, 0.2) is 0 Å². The zero-order valence-electron chi connectivity index (χ0n) is 15.6. The molecule has 5 nitrogen and oxygen atoms in total. The molecule has 0 spiro atoms. The van der Waals surface area contributed by atoms with E-state index in [1.165, 1.54) is 0 Å². The van der Waals surface area contributed by atoms with Crippen LogP contribution >= 0.6 is 0 Å². The first-order valence-electron chi connectivity index (χ1n) is 9.16. The van der Waals surface area contributed by atoms with Crippen molar-refractivity contribution in [2.45, 2.75) is 70.8 Å². The summed E-state index contributed by atoms with van der Waals surface area (Å²) in [7, 11) is 0. The molecule has 0 radical (unpaired) electrons. The number of nitrogens with zero attached hydrogens (tertiary/aromatic N) is 1. The van der Waals surface area contributed by atoms with Crippen LogP contribution in [-0.4, -0.2) is 47.0 Å². The molecule has 0 aliphatic carbocycles. The van der Waals surface area contributed by atoms with Gasteiger partial charge in [-0.3, -0.25) is 0 Å². The second kappa shape index (κ2) is 9.20. The van der Waals surface area contributed by atoms with E-state index in [0.29, 0.717) is 26.2 Å². The van der Waals surface area contributed by atoms with E-state index in [1.54, 1.807) is 4.90 Å². The van der Waals surface area contributed by atoms with Crippen LogP contribution in [0, 0.1) is 0 Å². The second-order valence-electron chi connectivity index (χ2n) is 7.63. The molecular weight excluding hydrogens is 318 g/mol. The van der Waals surface area contributed by atoms with Crippen molar-refractivity contribution in [1.29, 1.82) is 0 Å². The number of ether oxygens (including phenoxy) is 2. The lowest BCUT2D eigenvalue weighted by molar-refractivity contribution is 0.00190. The monoisotopic (exact) mass is 349 g/mol. The molecule has 0 saturated carbocycles. The lowest BCUT2D eigenvalue weighted by Crippen LogP contribution is -2.45. The average molecular weight is 349 g/mol. The first-order chi connectivity index (χ1) is 11.9. The smallest absolute Gasteiger partial charge is 0.410 e. The van der Waals surface area contributed by atoms with Gasteiger partial charge in [0, 0.05) is 13.2 Å². The third-order valence-electron chi connectivity index (χ3n) is 4.27. The van der Waals surface area contributed by atoms with E-state index in [-0.39, 0.29) is 12.1 Å². The van der Waals surface area contributed by atoms with Gasteiger partial charge in [-0.2, -0.15) is 0 Å². The highest BCUT2D eigenvalue weighted by atomic mass is 16.6. The molecule has 1 N–H and O–H groups in total. The van der Waals surface area contributed by atoms with E-state index in [4.69, 9.17) is 9.47 Å². The Bertz CT molecular complexity index is 526. The third-order valence-corrected chi connectivity index (χ3v) is 4.27. The maximum absolute atomic E-state index is 12.3. The quantitative estimate of drug-likeness (QED) is 0.762. The first-order valence-corrected chi connectivity index (χ1v) is 9.16. The van der Waals surface area contributed by atoms with Crippen molar-refractivity contribution in [3.63, 3.8) is 0 Å². The maximum atomic E-state index is 12.3. The highest BCUT2D eigenvalue weighted by Gasteiger charge is 2.35. The molecule has 2 rings (SSSR count). The van der Waals surface area contributed by atoms with E-state index in [0.717, 1.165) is 24.8 Å². The number of amides is 1. The predicted octanol–water partition coefficient (Wildman–Crippen LogP) is 3.74. The number of hydrogen-bond donors (Lipinski definition) is 1. The number of hydrogen-bond acceptors (Lipinski definition) is 4. The molecule has 2 unspecified atom stereocenters. The molecular formula is C20H31NO4. The molecule has 1 aromatic carbocycles. The minimum atomic E-state index is -0.532. The van der Waals surface area contributed by atoms with Crippen molar-refractivity contribution < 1.29 is 19.4 Å². The number of aliphatic hydroxyl groups excluding tert-OH is 1. The van der Waals surface area contributed by atoms with Crippen LogP contribution < -0.4 is 0 Å². The highest BCUT2D eigenvalue weighted by molar-refractivity contribution is 5.69. The summed E-state index contributed by atoms with van der Waals surface area (Å²) >= 11 is 0. The summed E-state index contributed by atoms with van der Waals surface area (Å²) in [6, 6.07) is 9.89. The zero-order valence-corrected chi connectivity index (χ0v) is 15.6. The van der Waals surface area contributed by atoms with Crippen molar-refractivity contribution in [1.82, 2.24) is 4.90 Å². The standard InChI is InChI=1S/C20H31NO4/c1-20(2,3)25-19(23)21-13-7-11-17(21)18(22)12-8-14-24-15-16-9-5-4-6-10-16/h4-6,9-10,17-18,22H,7-8,11-15H2,1-3H3. The summed E-state index contributed by atoms with van der Waals surface area (Å²) in [4.78, 5) is 14.0. The Morgan fingerprint density at radius 1 is 1.32 bits per heavy atom. The lowest BCUT2D eigenvalue weighted by atomic mass is 10.0. The Hall–Kier alpha value is -1.59. The molecule has 1 heterocycles. The number of rotatable bonds is 7. The fourth-order valence-corrected chi connectivity index (χ4v) is 3.09. The lowest BCUT2D eigenvalue weighted by Gasteiger charge is -2.31. The summed E-state index contributed by atoms with van der Waals surface area (Å²) < 4.78 is 11.1. The van der Waals surface area contributed by atoms with Crippen LogP contribution in [0.2, 0.25) is 0 Å². The van der Waals surface area contributed by atoms with Crippen LogP contribution in [0.5, 0.6) is 0 Å². The van der Waals surface area contributed by atoms with Crippen LogP contribution in [0.1, 0.15) is 52.0 Å². The SMILES string of the molecule is CC(C)(C)OC(=O)N1CCCC1C(O)CCCOCc1ccccc1. The number of aliphatic hydroxyl groups is 1. The zero-order chi connectivity index (χ0) is 18.3. The van der Waals surface area contributed by atoms with Crippen molar-refractivity contribution in [2.24, 2.45) is 0 Å². The molecule has 0 aromatic heterocycles. The molecule has 5 heteroatoms. The van der Waals surface area contributed by atoms with Crippen LogP contribution in [-0.2, 0) is 16.1 Å². The summed E-state index contributed by atoms with van der Waals surface area (Å²) in [5, 5.41) is 10.5. The van der Waals surface area contributed by atoms with Gasteiger partial charge in [-0.05, 0) is 52.0 Å². The van der Waals surface area contributed by atoms with E-state index in [2.05, 4.69) is 0 Å². The number of likely N-dealkylation sites (tertiary alicyclic amines) is 1. The van der Waals surface area contributed by atoms with Gasteiger partial charge in [0.25, 0.3) is 0 Å². The van der Waals surface area contributed by atoms with Gasteiger partial charge in [-0.1, -0.05) is 30.3 Å². The Balaban J connectivity index is 1.70. The largest absolute Gasteiger partial charge is 0.444 e. The number of carbonyl (C=O) groups is 1. The molecule has 140 valence electrons. The molecule has 2 atom stereocenters. The van der Waals surface area contributed by atoms with Crippen LogP contribution in [0.4, 0.5) is 4.79 Å². The summed E-state index contributed by atoms with van der Waals surface area (Å²) in [5.74, 6) is 0. The number of benzene rings is 1. The highest BCUT2D eigenvalue weighted by Crippen LogP contribution is 2.25. The normalized spacial score (nSPS) is 19.0. The first kappa shape index (κ1) is 19.7. The van der Waals surface area contributed by atoms with Gasteiger partial charge in [-0.15, -0.1) is 0 Å². The molecule has 0 bridgehead atoms. The van der Waals surface area contributed by atoms with Gasteiger partial charge in [0.05, 0.1) is 18.8 Å². The van der Waals surface area contributed by atoms with Gasteiger partial charge in [0.1, 0.15) is 5.60 Å². The van der Waals surface area contributed by atoms with Crippen LogP contribution in [0.15, 0.2) is 30.3 Å². The van der Waals surface area contributed by atoms with Gasteiger partial charge in [0.2, 0.25) is 0 Å². The summed E-state index contributed by atoms with van der Waals surface area (Å²) in [6.07, 6.45) is 2.27. The molecule has 1 aromatic rings. The molecule has 1 amide bonds. The molecule has 1 fully saturated rings. The van der Waals surface area contributed by atoms with Crippen molar-refractivity contribution in [3.05, 3.63) is 35.9 Å². The van der Waals surface area contributed by atoms with E-state index >= 15 is 0 Å². The maximum Gasteiger partial charge on any atom is 0.410 e. The van der Waals surface area contributed by atoms with Crippen LogP contribution in [0.3, 0.4) is 0 Å². The molecule has 1 saturated heterocycles. The Morgan fingerprint density at radius 3 is 2.72 bits per heavy atom. The van der Waals surface area contributed by atoms with Gasteiger partial charge in [-0.25, -0.2) is 4.79 Å².